The third-order valence-corrected chi connectivity index (χ3v) is 15.9. The fourth-order valence-electron chi connectivity index (χ4n) is 12.7. The predicted octanol–water partition coefficient (Wildman–Crippen LogP) is 17.8. The van der Waals surface area contributed by atoms with E-state index in [1.165, 1.54) is 38.9 Å². The van der Waals surface area contributed by atoms with Crippen LogP contribution < -0.4 is 4.90 Å². The van der Waals surface area contributed by atoms with Gasteiger partial charge in [-0.2, -0.15) is 0 Å². The molecule has 2 aliphatic carbocycles. The van der Waals surface area contributed by atoms with E-state index in [1.807, 2.05) is 0 Å². The number of anilines is 3. The highest BCUT2D eigenvalue weighted by molar-refractivity contribution is 6.08. The Morgan fingerprint density at radius 2 is 0.836 bits per heavy atom. The van der Waals surface area contributed by atoms with E-state index in [2.05, 4.69) is 272 Å². The van der Waals surface area contributed by atoms with Gasteiger partial charge in [0.2, 0.25) is 0 Å². The average molecular weight is 932 g/mol. The van der Waals surface area contributed by atoms with Crippen molar-refractivity contribution in [3.8, 4) is 66.8 Å². The van der Waals surface area contributed by atoms with Crippen LogP contribution in [0, 0.1) is 5.92 Å². The van der Waals surface area contributed by atoms with Crippen molar-refractivity contribution in [2.75, 3.05) is 4.90 Å². The summed E-state index contributed by atoms with van der Waals surface area (Å²) in [5.41, 5.74) is 24.3. The van der Waals surface area contributed by atoms with E-state index in [-0.39, 0.29) is 11.7 Å². The summed E-state index contributed by atoms with van der Waals surface area (Å²) in [6.07, 6.45) is 1.19. The second kappa shape index (κ2) is 17.3. The Hall–Kier alpha value is -9.11. The van der Waals surface area contributed by atoms with Gasteiger partial charge in [-0.15, -0.1) is 0 Å². The fraction of sp³-hybridized carbons (Fsp3) is 0.0563. The Bertz CT molecular complexity index is 3890. The molecular formula is C71H49NO. The minimum absolute atomic E-state index is 0.191. The molecule has 0 fully saturated rings. The number of carbonyl (C=O) groups is 1. The van der Waals surface area contributed by atoms with E-state index in [9.17, 15) is 0 Å². The van der Waals surface area contributed by atoms with E-state index >= 15 is 4.79 Å². The first-order chi connectivity index (χ1) is 36.1. The van der Waals surface area contributed by atoms with Gasteiger partial charge in [0.05, 0.1) is 16.8 Å². The summed E-state index contributed by atoms with van der Waals surface area (Å²) in [4.78, 5) is 18.0. The number of para-hydroxylation sites is 1. The monoisotopic (exact) mass is 931 g/mol. The first kappa shape index (κ1) is 42.7. The summed E-state index contributed by atoms with van der Waals surface area (Å²) in [5.74, 6) is -0.105. The Balaban J connectivity index is 1.08. The van der Waals surface area contributed by atoms with Gasteiger partial charge in [0.25, 0.3) is 0 Å². The SMILES string of the molecule is O=C1c2ccc(-c3ccccc3)cc2-c2cccc3c2CC1Cc1ccccc1-c1cc(-c2ccccc2)ccc1N(c1ccc2c(c1)C(c1ccccc1)(c1ccccc1)c1ccccc1-2)c1ccccc1-3. The molecule has 0 radical (unpaired) electrons. The van der Waals surface area contributed by atoms with Crippen molar-refractivity contribution in [3.63, 3.8) is 0 Å². The Labute approximate surface area is 427 Å². The number of benzene rings is 11. The highest BCUT2D eigenvalue weighted by Crippen LogP contribution is 2.58. The van der Waals surface area contributed by atoms with E-state index < -0.39 is 5.41 Å². The summed E-state index contributed by atoms with van der Waals surface area (Å²) >= 11 is 0. The lowest BCUT2D eigenvalue weighted by Gasteiger charge is -2.35. The molecule has 0 saturated heterocycles. The average Bonchev–Trinajstić information content (AvgIpc) is 3.70. The van der Waals surface area contributed by atoms with Crippen molar-refractivity contribution in [1.29, 1.82) is 0 Å². The topological polar surface area (TPSA) is 20.3 Å². The molecule has 2 heteroatoms. The van der Waals surface area contributed by atoms with Crippen molar-refractivity contribution in [3.05, 3.63) is 306 Å². The molecule has 11 aromatic rings. The van der Waals surface area contributed by atoms with Crippen LogP contribution in [0.2, 0.25) is 0 Å². The molecule has 14 rings (SSSR count). The van der Waals surface area contributed by atoms with Gasteiger partial charge in [0, 0.05) is 28.3 Å². The number of rotatable bonds is 5. The van der Waals surface area contributed by atoms with Gasteiger partial charge in [-0.05, 0) is 138 Å². The molecule has 1 unspecified atom stereocenters. The van der Waals surface area contributed by atoms with Crippen LogP contribution in [0.5, 0.6) is 0 Å². The van der Waals surface area contributed by atoms with E-state index in [1.54, 1.807) is 0 Å². The second-order valence-corrected chi connectivity index (χ2v) is 19.8. The van der Waals surface area contributed by atoms with Gasteiger partial charge < -0.3 is 4.90 Å². The van der Waals surface area contributed by atoms with Gasteiger partial charge in [-0.25, -0.2) is 0 Å². The minimum atomic E-state index is -0.590. The molecule has 1 atom stereocenters. The third kappa shape index (κ3) is 6.82. The zero-order chi connectivity index (χ0) is 48.5. The largest absolute Gasteiger partial charge is 0.309 e. The molecule has 0 aromatic heterocycles. The van der Waals surface area contributed by atoms with Crippen molar-refractivity contribution >= 4 is 22.8 Å². The molecule has 1 aliphatic heterocycles. The second-order valence-electron chi connectivity index (χ2n) is 19.8. The maximum Gasteiger partial charge on any atom is 0.167 e. The van der Waals surface area contributed by atoms with Gasteiger partial charge in [0.15, 0.2) is 5.78 Å². The highest BCUT2D eigenvalue weighted by Gasteiger charge is 2.46. The highest BCUT2D eigenvalue weighted by atomic mass is 16.1. The maximum atomic E-state index is 15.4. The normalized spacial score (nSPS) is 14.7. The van der Waals surface area contributed by atoms with Crippen LogP contribution in [0.4, 0.5) is 17.1 Å². The van der Waals surface area contributed by atoms with Crippen LogP contribution >= 0.6 is 0 Å². The molecule has 0 amide bonds. The first-order valence-electron chi connectivity index (χ1n) is 25.5. The summed E-state index contributed by atoms with van der Waals surface area (Å²) < 4.78 is 0. The standard InChI is InChI=1S/C71H49NO/c73-70-52-42-51-24-13-14-29-56(51)65-44-50(48-22-7-2-8-23-48)37-41-69(65)72(55-38-40-60-59-30-15-17-34-66(59)71(67(60)46-55,53-25-9-3-10-26-53)54-27-11-4-12-28-54)68-35-18-16-31-61(68)57-32-19-33-58(63(57)45-52)64-43-49(36-39-62(64)70)47-20-5-1-6-21-47/h1-41,43-44,46,52H,42,45H2. The Morgan fingerprint density at radius 3 is 1.53 bits per heavy atom. The molecule has 2 nitrogen and oxygen atoms in total. The van der Waals surface area contributed by atoms with Crippen LogP contribution in [-0.2, 0) is 18.3 Å². The van der Waals surface area contributed by atoms with Crippen LogP contribution in [-0.4, -0.2) is 5.78 Å². The van der Waals surface area contributed by atoms with Crippen molar-refractivity contribution in [1.82, 2.24) is 0 Å². The Kier molecular flexibility index (Phi) is 10.1. The van der Waals surface area contributed by atoms with Crippen molar-refractivity contribution < 1.29 is 4.79 Å². The molecule has 11 aromatic carbocycles. The molecule has 3 aliphatic rings. The van der Waals surface area contributed by atoms with Gasteiger partial charge >= 0.3 is 0 Å². The molecule has 73 heavy (non-hydrogen) atoms. The number of Topliss-reactive ketones (excluding diaryl/α,β-unsaturated/α-hetero) is 1. The number of nitrogens with zero attached hydrogens (tertiary/aromatic N) is 1. The molecule has 344 valence electrons. The van der Waals surface area contributed by atoms with E-state index in [0.717, 1.165) is 83.8 Å². The third-order valence-electron chi connectivity index (χ3n) is 15.9. The Morgan fingerprint density at radius 1 is 0.329 bits per heavy atom. The molecule has 2 bridgehead atoms. The predicted molar refractivity (Wildman–Crippen MR) is 301 cm³/mol. The number of carbonyl (C=O) groups excluding carboxylic acids is 1. The number of fused-ring (bicyclic) bond motifs is 11. The molecule has 0 spiro atoms. The van der Waals surface area contributed by atoms with Crippen LogP contribution in [0.1, 0.15) is 43.7 Å². The van der Waals surface area contributed by atoms with Crippen LogP contribution in [0.3, 0.4) is 0 Å². The minimum Gasteiger partial charge on any atom is -0.309 e. The summed E-state index contributed by atoms with van der Waals surface area (Å²) in [6, 6.07) is 97.5. The van der Waals surface area contributed by atoms with Crippen molar-refractivity contribution in [2.45, 2.75) is 18.3 Å². The maximum absolute atomic E-state index is 15.4. The first-order valence-corrected chi connectivity index (χ1v) is 25.5. The van der Waals surface area contributed by atoms with Gasteiger partial charge in [-0.3, -0.25) is 4.79 Å². The molecule has 0 N–H and O–H groups in total. The summed E-state index contributed by atoms with van der Waals surface area (Å²) in [5, 5.41) is 0. The lowest BCUT2D eigenvalue weighted by Crippen LogP contribution is -2.28. The lowest BCUT2D eigenvalue weighted by atomic mass is 9.67. The molecule has 0 saturated carbocycles. The van der Waals surface area contributed by atoms with Gasteiger partial charge in [0.1, 0.15) is 0 Å². The quantitative estimate of drug-likeness (QED) is 0.171. The number of hydrogen-bond donors (Lipinski definition) is 0. The zero-order valence-corrected chi connectivity index (χ0v) is 40.3. The van der Waals surface area contributed by atoms with Gasteiger partial charge in [-0.1, -0.05) is 231 Å². The van der Waals surface area contributed by atoms with Crippen molar-refractivity contribution in [2.24, 2.45) is 5.92 Å². The smallest absolute Gasteiger partial charge is 0.167 e. The summed E-state index contributed by atoms with van der Waals surface area (Å²) in [6.45, 7) is 0. The van der Waals surface area contributed by atoms with E-state index in [0.29, 0.717) is 12.8 Å². The molecule has 1 heterocycles. The fourth-order valence-corrected chi connectivity index (χ4v) is 12.7. The van der Waals surface area contributed by atoms with E-state index in [4.69, 9.17) is 0 Å². The van der Waals surface area contributed by atoms with Crippen LogP contribution in [0.15, 0.2) is 267 Å². The number of ketones is 1. The molecular weight excluding hydrogens is 883 g/mol. The lowest BCUT2D eigenvalue weighted by molar-refractivity contribution is 0.0920. The summed E-state index contributed by atoms with van der Waals surface area (Å²) in [7, 11) is 0. The zero-order valence-electron chi connectivity index (χ0n) is 40.3. The van der Waals surface area contributed by atoms with Crippen LogP contribution in [0.25, 0.3) is 66.8 Å². The number of hydrogen-bond acceptors (Lipinski definition) is 2.